The predicted octanol–water partition coefficient (Wildman–Crippen LogP) is 3.36. The average Bonchev–Trinajstić information content (AvgIpc) is 3.35. The molecule has 2 aromatic rings. The molecule has 24 heavy (non-hydrogen) atoms. The molecule has 0 saturated heterocycles. The van der Waals surface area contributed by atoms with Crippen molar-refractivity contribution in [1.29, 1.82) is 0 Å². The molecule has 1 aromatic carbocycles. The molecule has 0 amide bonds. The van der Waals surface area contributed by atoms with Crippen LogP contribution in [-0.4, -0.2) is 16.5 Å². The third kappa shape index (κ3) is 2.38. The molecule has 2 aliphatic rings. The van der Waals surface area contributed by atoms with E-state index in [0.717, 1.165) is 23.9 Å². The Labute approximate surface area is 136 Å². The fourth-order valence-corrected chi connectivity index (χ4v) is 3.62. The Morgan fingerprint density at radius 3 is 2.62 bits per heavy atom. The van der Waals surface area contributed by atoms with Gasteiger partial charge in [-0.15, -0.1) is 0 Å². The van der Waals surface area contributed by atoms with E-state index < -0.39 is 23.0 Å². The maximum Gasteiger partial charge on any atom is 0.416 e. The Kier molecular flexibility index (Phi) is 3.38. The summed E-state index contributed by atoms with van der Waals surface area (Å²) in [6.07, 6.45) is -1.33. The smallest absolute Gasteiger partial charge is 0.311 e. The molecule has 1 aromatic heterocycles. The topological polar surface area (TPSA) is 37.8 Å². The largest absolute Gasteiger partial charge is 0.416 e. The summed E-state index contributed by atoms with van der Waals surface area (Å²) < 4.78 is 53.7. The number of rotatable bonds is 2. The molecule has 2 heterocycles. The number of benzene rings is 1. The van der Waals surface area contributed by atoms with Gasteiger partial charge in [0, 0.05) is 12.0 Å². The number of halogens is 4. The standard InChI is InChI=1S/C17H15F4N3/c18-10-1-2-12(13(7-10)17(19,20)21)16(4-5-16)15-11-3-6-22-8-14(11)23-9-24-15/h1-2,7,9,22H,3-6,8H2. The first-order valence-electron chi connectivity index (χ1n) is 7.83. The zero-order valence-corrected chi connectivity index (χ0v) is 12.8. The third-order valence-electron chi connectivity index (χ3n) is 4.88. The lowest BCUT2D eigenvalue weighted by molar-refractivity contribution is -0.138. The fraction of sp³-hybridized carbons (Fsp3) is 0.412. The van der Waals surface area contributed by atoms with Gasteiger partial charge in [-0.2, -0.15) is 13.2 Å². The Bertz CT molecular complexity index is 797. The minimum Gasteiger partial charge on any atom is -0.311 e. The minimum atomic E-state index is -4.60. The quantitative estimate of drug-likeness (QED) is 0.854. The molecule has 0 radical (unpaired) electrons. The first-order valence-corrected chi connectivity index (χ1v) is 7.83. The second-order valence-electron chi connectivity index (χ2n) is 6.34. The Hall–Kier alpha value is -2.02. The van der Waals surface area contributed by atoms with Gasteiger partial charge in [-0.25, -0.2) is 14.4 Å². The number of nitrogens with one attached hydrogen (secondary N) is 1. The number of hydrogen-bond donors (Lipinski definition) is 1. The van der Waals surface area contributed by atoms with Crippen LogP contribution in [0, 0.1) is 5.82 Å². The number of aromatic nitrogens is 2. The highest BCUT2D eigenvalue weighted by atomic mass is 19.4. The van der Waals surface area contributed by atoms with Gasteiger partial charge in [0.05, 0.1) is 17.0 Å². The molecule has 1 fully saturated rings. The third-order valence-corrected chi connectivity index (χ3v) is 4.88. The fourth-order valence-electron chi connectivity index (χ4n) is 3.62. The minimum absolute atomic E-state index is 0.121. The van der Waals surface area contributed by atoms with Gasteiger partial charge < -0.3 is 5.32 Å². The van der Waals surface area contributed by atoms with Crippen molar-refractivity contribution in [3.63, 3.8) is 0 Å². The second kappa shape index (κ2) is 5.24. The van der Waals surface area contributed by atoms with E-state index in [9.17, 15) is 17.6 Å². The summed E-state index contributed by atoms with van der Waals surface area (Å²) in [6, 6.07) is 2.95. The lowest BCUT2D eigenvalue weighted by Gasteiger charge is -2.26. The van der Waals surface area contributed by atoms with Crippen molar-refractivity contribution in [2.24, 2.45) is 0 Å². The molecule has 0 spiro atoms. The Balaban J connectivity index is 1.89. The van der Waals surface area contributed by atoms with Crippen LogP contribution in [0.2, 0.25) is 0 Å². The summed E-state index contributed by atoms with van der Waals surface area (Å²) in [6.45, 7) is 1.34. The molecular weight excluding hydrogens is 322 g/mol. The Morgan fingerprint density at radius 1 is 1.12 bits per heavy atom. The molecule has 0 bridgehead atoms. The zero-order chi connectivity index (χ0) is 16.9. The van der Waals surface area contributed by atoms with Crippen LogP contribution in [0.1, 0.15) is 40.9 Å². The first kappa shape index (κ1) is 15.5. The van der Waals surface area contributed by atoms with Crippen LogP contribution in [0.15, 0.2) is 24.5 Å². The van der Waals surface area contributed by atoms with Crippen LogP contribution in [0.25, 0.3) is 0 Å². The number of nitrogens with zero attached hydrogens (tertiary/aromatic N) is 2. The summed E-state index contributed by atoms with van der Waals surface area (Å²) in [4.78, 5) is 8.59. The molecule has 3 nitrogen and oxygen atoms in total. The van der Waals surface area contributed by atoms with Gasteiger partial charge in [0.25, 0.3) is 0 Å². The van der Waals surface area contributed by atoms with Crippen molar-refractivity contribution in [3.05, 3.63) is 58.4 Å². The Morgan fingerprint density at radius 2 is 1.92 bits per heavy atom. The van der Waals surface area contributed by atoms with Crippen LogP contribution in [-0.2, 0) is 24.6 Å². The summed E-state index contributed by atoms with van der Waals surface area (Å²) in [7, 11) is 0. The lowest BCUT2D eigenvalue weighted by atomic mass is 9.84. The van der Waals surface area contributed by atoms with Crippen LogP contribution in [0.3, 0.4) is 0 Å². The molecule has 4 rings (SSSR count). The van der Waals surface area contributed by atoms with Crippen LogP contribution in [0.4, 0.5) is 17.6 Å². The van der Waals surface area contributed by atoms with Crippen LogP contribution >= 0.6 is 0 Å². The summed E-state index contributed by atoms with van der Waals surface area (Å²) in [5.41, 5.74) is 0.894. The van der Waals surface area contributed by atoms with Crippen LogP contribution < -0.4 is 5.32 Å². The van der Waals surface area contributed by atoms with Crippen molar-refractivity contribution in [1.82, 2.24) is 15.3 Å². The van der Waals surface area contributed by atoms with E-state index in [2.05, 4.69) is 15.3 Å². The van der Waals surface area contributed by atoms with Crippen molar-refractivity contribution in [2.45, 2.75) is 37.4 Å². The van der Waals surface area contributed by atoms with E-state index in [1.54, 1.807) is 0 Å². The molecule has 1 N–H and O–H groups in total. The van der Waals surface area contributed by atoms with E-state index in [4.69, 9.17) is 0 Å². The maximum atomic E-state index is 13.4. The summed E-state index contributed by atoms with van der Waals surface area (Å²) in [5.74, 6) is -0.879. The van der Waals surface area contributed by atoms with Crippen molar-refractivity contribution < 1.29 is 17.6 Å². The summed E-state index contributed by atoms with van der Waals surface area (Å²) >= 11 is 0. The number of alkyl halides is 3. The van der Waals surface area contributed by atoms with Gasteiger partial charge in [-0.1, -0.05) is 6.07 Å². The van der Waals surface area contributed by atoms with Gasteiger partial charge >= 0.3 is 6.18 Å². The molecule has 1 aliphatic heterocycles. The molecule has 7 heteroatoms. The van der Waals surface area contributed by atoms with Gasteiger partial charge in [-0.05, 0) is 49.1 Å². The van der Waals surface area contributed by atoms with Gasteiger partial charge in [0.1, 0.15) is 12.1 Å². The molecular formula is C17H15F4N3. The van der Waals surface area contributed by atoms with Gasteiger partial charge in [0.2, 0.25) is 0 Å². The van der Waals surface area contributed by atoms with Crippen LogP contribution in [0.5, 0.6) is 0 Å². The molecule has 1 saturated carbocycles. The van der Waals surface area contributed by atoms with E-state index >= 15 is 0 Å². The summed E-state index contributed by atoms with van der Waals surface area (Å²) in [5, 5.41) is 3.20. The van der Waals surface area contributed by atoms with Gasteiger partial charge in [0.15, 0.2) is 0 Å². The average molecular weight is 337 g/mol. The van der Waals surface area contributed by atoms with Crippen molar-refractivity contribution >= 4 is 0 Å². The van der Waals surface area contributed by atoms with Crippen molar-refractivity contribution in [3.8, 4) is 0 Å². The SMILES string of the molecule is Fc1ccc(C2(c3ncnc4c3CCNC4)CC2)c(C(F)(F)F)c1. The molecule has 0 atom stereocenters. The molecule has 126 valence electrons. The van der Waals surface area contributed by atoms with E-state index in [0.29, 0.717) is 37.6 Å². The first-order chi connectivity index (χ1) is 11.4. The monoisotopic (exact) mass is 337 g/mol. The second-order valence-corrected chi connectivity index (χ2v) is 6.34. The lowest BCUT2D eigenvalue weighted by Crippen LogP contribution is -2.29. The van der Waals surface area contributed by atoms with E-state index in [1.807, 2.05) is 0 Å². The molecule has 1 aliphatic carbocycles. The predicted molar refractivity (Wildman–Crippen MR) is 78.9 cm³/mol. The number of hydrogen-bond acceptors (Lipinski definition) is 3. The normalized spacial score (nSPS) is 19.0. The highest BCUT2D eigenvalue weighted by molar-refractivity contribution is 5.50. The van der Waals surface area contributed by atoms with E-state index in [1.165, 1.54) is 12.4 Å². The molecule has 0 unspecified atom stereocenters. The van der Waals surface area contributed by atoms with E-state index in [-0.39, 0.29) is 5.56 Å². The number of fused-ring (bicyclic) bond motifs is 1. The highest BCUT2D eigenvalue weighted by Gasteiger charge is 2.53. The van der Waals surface area contributed by atoms with Crippen molar-refractivity contribution in [2.75, 3.05) is 6.54 Å². The van der Waals surface area contributed by atoms with Gasteiger partial charge in [-0.3, -0.25) is 0 Å². The highest BCUT2D eigenvalue weighted by Crippen LogP contribution is 2.56. The maximum absolute atomic E-state index is 13.4. The zero-order valence-electron chi connectivity index (χ0n) is 12.8.